The van der Waals surface area contributed by atoms with Gasteiger partial charge in [0.1, 0.15) is 16.8 Å². The maximum atomic E-state index is 12.3. The fourth-order valence-corrected chi connectivity index (χ4v) is 14.0. The summed E-state index contributed by atoms with van der Waals surface area (Å²) in [6.45, 7) is 16.2. The number of carbonyl (C=O) groups excluding carboxylic acids is 7. The van der Waals surface area contributed by atoms with E-state index in [4.69, 9.17) is 41.6 Å². The van der Waals surface area contributed by atoms with Crippen LogP contribution in [-0.2, 0) is 43.0 Å². The van der Waals surface area contributed by atoms with Crippen LogP contribution in [0.25, 0.3) is 0 Å². The Bertz CT molecular complexity index is 3140. The van der Waals surface area contributed by atoms with Gasteiger partial charge in [-0.2, -0.15) is 0 Å². The molecular formula is C69H98N10O14S6. The Balaban J connectivity index is 0.000000498. The number of carboxylic acid groups (broad SMARTS) is 2. The Kier molecular flexibility index (Phi) is 43.1. The average Bonchev–Trinajstić information content (AvgIpc) is 1.17. The zero-order valence-electron chi connectivity index (χ0n) is 57.7. The minimum Gasteiger partial charge on any atom is -0.481 e. The van der Waals surface area contributed by atoms with Crippen molar-refractivity contribution < 1.29 is 67.6 Å². The van der Waals surface area contributed by atoms with Crippen molar-refractivity contribution >= 4 is 175 Å². The molecule has 0 fully saturated rings. The lowest BCUT2D eigenvalue weighted by Crippen LogP contribution is -2.27. The standard InChI is InChI=1S/C30H42N4O6S2.C20H26N4O2S2.C11H16N2O2.C8H14O4S2/c1-29(2,3)39-27(37)33-23-13-7-11-21(19-23)31-25(35)15-9-17-41-42-18-10-16-26(36)32-22-12-8-14-24(20-22)34-28(38)40-30(4,5)6;21-15-5-1-7-17(13-15)23-19(25)9-3-11-27-28-12-4-10-20(26)24-18-8-2-6-16(22)14-18;1-11(2,3)15-10(14)13-9-6-4-5-8(12)7-9;9-7(10)3-1-5-13-14-6-2-4-8(11)12/h7-8,11-14,19-20H,9-10,15-18H2,1-6H3,(H,31,35)(H,32,36)(H,33,37)(H,34,38);1-2,5-8,13-14H,3-4,9-12,21-22H2,(H,23,25)(H,24,26);4-7H,12H2,1-3H3,(H,13,14);1-6H2,(H,9,10)(H,11,12). The van der Waals surface area contributed by atoms with Crippen LogP contribution in [0, 0.1) is 0 Å². The van der Waals surface area contributed by atoms with Crippen LogP contribution in [0.15, 0.2) is 121 Å². The van der Waals surface area contributed by atoms with Crippen LogP contribution in [0.4, 0.5) is 71.3 Å². The van der Waals surface area contributed by atoms with Crippen molar-refractivity contribution in [3.8, 4) is 0 Å². The van der Waals surface area contributed by atoms with Crippen molar-refractivity contribution in [2.24, 2.45) is 0 Å². The van der Waals surface area contributed by atoms with Crippen LogP contribution in [0.2, 0.25) is 0 Å². The van der Waals surface area contributed by atoms with Crippen molar-refractivity contribution in [3.63, 3.8) is 0 Å². The highest BCUT2D eigenvalue weighted by atomic mass is 33.1. The average molecular weight is 1480 g/mol. The summed E-state index contributed by atoms with van der Waals surface area (Å²) in [6.07, 6.45) is 4.93. The summed E-state index contributed by atoms with van der Waals surface area (Å²) in [6, 6.07) is 35.1. The summed E-state index contributed by atoms with van der Waals surface area (Å²) in [5.41, 5.74) is 21.5. The van der Waals surface area contributed by atoms with E-state index >= 15 is 0 Å². The number of nitrogen functional groups attached to an aromatic ring is 3. The van der Waals surface area contributed by atoms with E-state index in [2.05, 4.69) is 37.2 Å². The number of carbonyl (C=O) groups is 9. The zero-order valence-corrected chi connectivity index (χ0v) is 62.6. The molecule has 0 saturated heterocycles. The first kappa shape index (κ1) is 87.3. The van der Waals surface area contributed by atoms with E-state index < -0.39 is 47.0 Å². The van der Waals surface area contributed by atoms with Crippen molar-refractivity contribution in [1.82, 2.24) is 0 Å². The highest BCUT2D eigenvalue weighted by Gasteiger charge is 2.19. The Hall–Kier alpha value is -7.77. The quantitative estimate of drug-likeness (QED) is 0.00787. The molecule has 0 radical (unpaired) electrons. The Morgan fingerprint density at radius 3 is 0.717 bits per heavy atom. The first-order valence-electron chi connectivity index (χ1n) is 31.8. The topological polar surface area (TPSA) is 384 Å². The molecular weight excluding hydrogens is 1390 g/mol. The number of ether oxygens (including phenoxy) is 3. The Morgan fingerprint density at radius 2 is 0.505 bits per heavy atom. The van der Waals surface area contributed by atoms with Gasteiger partial charge in [0.05, 0.1) is 0 Å². The second-order valence-electron chi connectivity index (χ2n) is 24.5. The van der Waals surface area contributed by atoms with E-state index in [1.807, 2.05) is 45.0 Å². The molecule has 99 heavy (non-hydrogen) atoms. The summed E-state index contributed by atoms with van der Waals surface area (Å²) in [5.74, 6) is 3.29. The van der Waals surface area contributed by atoms with Gasteiger partial charge in [-0.25, -0.2) is 14.4 Å². The molecule has 0 aromatic heterocycles. The first-order chi connectivity index (χ1) is 46.7. The van der Waals surface area contributed by atoms with Crippen LogP contribution in [0.1, 0.15) is 139 Å². The van der Waals surface area contributed by atoms with Crippen molar-refractivity contribution in [3.05, 3.63) is 121 Å². The highest BCUT2D eigenvalue weighted by Crippen LogP contribution is 2.27. The van der Waals surface area contributed by atoms with Crippen LogP contribution >= 0.6 is 64.8 Å². The van der Waals surface area contributed by atoms with Gasteiger partial charge in [-0.05, 0) is 192 Å². The highest BCUT2D eigenvalue weighted by molar-refractivity contribution is 8.77. The third-order valence-electron chi connectivity index (χ3n) is 11.5. The number of benzene rings is 5. The monoisotopic (exact) mass is 1480 g/mol. The lowest BCUT2D eigenvalue weighted by atomic mass is 10.2. The molecule has 0 aliphatic carbocycles. The summed E-state index contributed by atoms with van der Waals surface area (Å²) in [4.78, 5) is 104. The summed E-state index contributed by atoms with van der Waals surface area (Å²) < 4.78 is 15.6. The molecule has 0 aliphatic rings. The van der Waals surface area contributed by atoms with Crippen LogP contribution in [0.5, 0.6) is 0 Å². The number of aliphatic carboxylic acids is 2. The van der Waals surface area contributed by atoms with Crippen LogP contribution in [0.3, 0.4) is 0 Å². The van der Waals surface area contributed by atoms with E-state index in [1.54, 1.807) is 203 Å². The molecule has 0 unspecified atom stereocenters. The summed E-state index contributed by atoms with van der Waals surface area (Å²) in [5, 5.41) is 36.0. The number of nitrogens with one attached hydrogen (secondary N) is 7. The van der Waals surface area contributed by atoms with Gasteiger partial charge in [0.25, 0.3) is 0 Å². The van der Waals surface area contributed by atoms with Gasteiger partial charge < -0.3 is 62.9 Å². The van der Waals surface area contributed by atoms with Gasteiger partial charge in [0.2, 0.25) is 23.6 Å². The predicted octanol–water partition coefficient (Wildman–Crippen LogP) is 17.0. The van der Waals surface area contributed by atoms with Crippen molar-refractivity contribution in [2.75, 3.05) is 88.9 Å². The van der Waals surface area contributed by atoms with E-state index in [-0.39, 0.29) is 36.5 Å². The lowest BCUT2D eigenvalue weighted by molar-refractivity contribution is -0.138. The fraction of sp³-hybridized carbons (Fsp3) is 0.435. The summed E-state index contributed by atoms with van der Waals surface area (Å²) in [7, 11) is 10.0. The number of amides is 7. The Morgan fingerprint density at radius 1 is 0.313 bits per heavy atom. The molecule has 0 bridgehead atoms. The van der Waals surface area contributed by atoms with Gasteiger partial charge in [0, 0.05) is 130 Å². The number of anilines is 10. The molecule has 0 spiro atoms. The SMILES string of the molecule is CC(C)(C)OC(=O)Nc1cccc(N)c1.CC(C)(C)OC(=O)Nc1cccc(NC(=O)CCCSSCCCC(=O)Nc2cccc(NC(=O)OC(C)(C)C)c2)c1.Nc1cccc(NC(=O)CCCSSCCCC(=O)Nc2cccc(N)c2)c1.O=C(O)CCCSSCCCC(=O)O. The lowest BCUT2D eigenvalue weighted by Gasteiger charge is -2.19. The number of hydrogen-bond acceptors (Lipinski definition) is 21. The van der Waals surface area contributed by atoms with E-state index in [0.717, 1.165) is 58.7 Å². The molecule has 544 valence electrons. The molecule has 0 heterocycles. The maximum Gasteiger partial charge on any atom is 0.412 e. The largest absolute Gasteiger partial charge is 0.481 e. The minimum atomic E-state index is -0.763. The molecule has 30 heteroatoms. The minimum absolute atomic E-state index is 0.00517. The molecule has 5 rings (SSSR count). The van der Waals surface area contributed by atoms with Crippen LogP contribution < -0.4 is 54.4 Å². The van der Waals surface area contributed by atoms with Gasteiger partial charge in [-0.3, -0.25) is 44.7 Å². The van der Waals surface area contributed by atoms with Gasteiger partial charge in [-0.1, -0.05) is 95.1 Å². The third kappa shape index (κ3) is 50.2. The smallest absolute Gasteiger partial charge is 0.412 e. The molecule has 0 aliphatic heterocycles. The van der Waals surface area contributed by atoms with Gasteiger partial charge >= 0.3 is 30.2 Å². The predicted molar refractivity (Wildman–Crippen MR) is 415 cm³/mol. The molecule has 5 aromatic carbocycles. The molecule has 0 atom stereocenters. The molecule has 24 nitrogen and oxygen atoms in total. The summed E-state index contributed by atoms with van der Waals surface area (Å²) >= 11 is 0. The number of hydrogen-bond donors (Lipinski definition) is 12. The van der Waals surface area contributed by atoms with E-state index in [1.165, 1.54) is 0 Å². The molecule has 0 saturated carbocycles. The second-order valence-corrected chi connectivity index (χ2v) is 32.6. The van der Waals surface area contributed by atoms with Crippen LogP contribution in [-0.4, -0.2) is 115 Å². The second kappa shape index (κ2) is 48.9. The first-order valence-corrected chi connectivity index (χ1v) is 39.3. The van der Waals surface area contributed by atoms with Gasteiger partial charge in [0.15, 0.2) is 0 Å². The van der Waals surface area contributed by atoms with E-state index in [0.29, 0.717) is 96.9 Å². The fourth-order valence-electron chi connectivity index (χ4n) is 7.44. The molecule has 15 N–H and O–H groups in total. The number of rotatable bonds is 34. The van der Waals surface area contributed by atoms with Gasteiger partial charge in [-0.15, -0.1) is 0 Å². The maximum absolute atomic E-state index is 12.3. The molecule has 5 aromatic rings. The third-order valence-corrected chi connectivity index (χ3v) is 19.2. The van der Waals surface area contributed by atoms with Crippen molar-refractivity contribution in [2.45, 2.75) is 156 Å². The number of nitrogens with two attached hydrogens (primary N) is 3. The number of carboxylic acids is 2. The zero-order chi connectivity index (χ0) is 73.7. The Labute approximate surface area is 605 Å². The molecule has 7 amide bonds. The van der Waals surface area contributed by atoms with E-state index in [9.17, 15) is 43.2 Å². The normalized spacial score (nSPS) is 10.8. The van der Waals surface area contributed by atoms with Crippen molar-refractivity contribution in [1.29, 1.82) is 0 Å².